The number of aromatic nitrogens is 3. The SMILES string of the molecule is Cc1ccc(CC(=O)c2ccc(Cc3cnc4cnccn34)cc2)cc1C(F)(F)F. The number of ketones is 1. The third-order valence-corrected chi connectivity index (χ3v) is 5.03. The van der Waals surface area contributed by atoms with Crippen molar-refractivity contribution in [2.75, 3.05) is 0 Å². The molecule has 4 rings (SSSR count). The molecule has 0 amide bonds. The zero-order valence-corrected chi connectivity index (χ0v) is 16.1. The van der Waals surface area contributed by atoms with E-state index in [0.717, 1.165) is 23.0 Å². The molecule has 0 unspecified atom stereocenters. The van der Waals surface area contributed by atoms with Gasteiger partial charge in [-0.05, 0) is 29.7 Å². The molecule has 0 saturated carbocycles. The van der Waals surface area contributed by atoms with Crippen molar-refractivity contribution in [3.05, 3.63) is 101 Å². The van der Waals surface area contributed by atoms with Crippen LogP contribution in [-0.4, -0.2) is 20.2 Å². The van der Waals surface area contributed by atoms with Gasteiger partial charge in [0.2, 0.25) is 0 Å². The summed E-state index contributed by atoms with van der Waals surface area (Å²) < 4.78 is 41.2. The van der Waals surface area contributed by atoms with Crippen LogP contribution < -0.4 is 0 Å². The van der Waals surface area contributed by atoms with E-state index < -0.39 is 11.7 Å². The van der Waals surface area contributed by atoms with Crippen LogP contribution in [-0.2, 0) is 19.0 Å². The first-order valence-corrected chi connectivity index (χ1v) is 9.36. The first kappa shape index (κ1) is 19.8. The second-order valence-electron chi connectivity index (χ2n) is 7.17. The maximum Gasteiger partial charge on any atom is 0.416 e. The summed E-state index contributed by atoms with van der Waals surface area (Å²) in [4.78, 5) is 20.9. The Kier molecular flexibility index (Phi) is 5.11. The van der Waals surface area contributed by atoms with Crippen LogP contribution in [0, 0.1) is 6.92 Å². The summed E-state index contributed by atoms with van der Waals surface area (Å²) in [5, 5.41) is 0. The number of imidazole rings is 1. The molecule has 4 aromatic rings. The van der Waals surface area contributed by atoms with Gasteiger partial charge in [0.1, 0.15) is 0 Å². The molecule has 0 saturated heterocycles. The third kappa shape index (κ3) is 4.10. The lowest BCUT2D eigenvalue weighted by Crippen LogP contribution is -2.10. The normalized spacial score (nSPS) is 11.7. The maximum absolute atomic E-state index is 13.1. The van der Waals surface area contributed by atoms with Crippen molar-refractivity contribution < 1.29 is 18.0 Å². The third-order valence-electron chi connectivity index (χ3n) is 5.03. The Morgan fingerprint density at radius 3 is 2.50 bits per heavy atom. The highest BCUT2D eigenvalue weighted by Crippen LogP contribution is 2.32. The van der Waals surface area contributed by atoms with Crippen molar-refractivity contribution in [1.82, 2.24) is 14.4 Å². The van der Waals surface area contributed by atoms with Crippen molar-refractivity contribution in [1.29, 1.82) is 0 Å². The summed E-state index contributed by atoms with van der Waals surface area (Å²) in [6.45, 7) is 1.41. The summed E-state index contributed by atoms with van der Waals surface area (Å²) in [5.74, 6) is -0.223. The first-order chi connectivity index (χ1) is 14.3. The van der Waals surface area contributed by atoms with E-state index >= 15 is 0 Å². The van der Waals surface area contributed by atoms with E-state index in [1.165, 1.54) is 13.0 Å². The van der Waals surface area contributed by atoms with Crippen LogP contribution >= 0.6 is 0 Å². The zero-order valence-electron chi connectivity index (χ0n) is 16.1. The molecular weight excluding hydrogens is 391 g/mol. The van der Waals surface area contributed by atoms with Gasteiger partial charge >= 0.3 is 6.18 Å². The number of nitrogens with zero attached hydrogens (tertiary/aromatic N) is 3. The number of hydrogen-bond donors (Lipinski definition) is 0. The van der Waals surface area contributed by atoms with Crippen LogP contribution in [0.1, 0.15) is 38.3 Å². The van der Waals surface area contributed by atoms with Gasteiger partial charge in [0, 0.05) is 42.7 Å². The van der Waals surface area contributed by atoms with E-state index in [4.69, 9.17) is 0 Å². The highest BCUT2D eigenvalue weighted by atomic mass is 19.4. The average molecular weight is 409 g/mol. The Bertz CT molecular complexity index is 1210. The monoisotopic (exact) mass is 409 g/mol. The number of fused-ring (bicyclic) bond motifs is 1. The van der Waals surface area contributed by atoms with Gasteiger partial charge in [-0.25, -0.2) is 4.98 Å². The molecule has 0 N–H and O–H groups in total. The Labute approximate surface area is 171 Å². The molecule has 2 aromatic heterocycles. The van der Waals surface area contributed by atoms with Gasteiger partial charge in [-0.3, -0.25) is 9.78 Å². The lowest BCUT2D eigenvalue weighted by molar-refractivity contribution is -0.138. The molecule has 4 nitrogen and oxygen atoms in total. The lowest BCUT2D eigenvalue weighted by Gasteiger charge is -2.12. The number of hydrogen-bond acceptors (Lipinski definition) is 3. The number of carbonyl (C=O) groups excluding carboxylic acids is 1. The van der Waals surface area contributed by atoms with Crippen LogP contribution in [0.15, 0.2) is 67.3 Å². The second-order valence-corrected chi connectivity index (χ2v) is 7.17. The van der Waals surface area contributed by atoms with Crippen molar-refractivity contribution in [2.45, 2.75) is 25.9 Å². The molecule has 7 heteroatoms. The second kappa shape index (κ2) is 7.74. The van der Waals surface area contributed by atoms with Gasteiger partial charge in [0.15, 0.2) is 11.4 Å². The van der Waals surface area contributed by atoms with Gasteiger partial charge in [0.05, 0.1) is 11.8 Å². The Morgan fingerprint density at radius 2 is 1.77 bits per heavy atom. The molecule has 2 heterocycles. The van der Waals surface area contributed by atoms with Crippen molar-refractivity contribution >= 4 is 11.4 Å². The number of aryl methyl sites for hydroxylation is 1. The number of halogens is 3. The zero-order chi connectivity index (χ0) is 21.3. The topological polar surface area (TPSA) is 47.3 Å². The molecule has 0 aliphatic rings. The van der Waals surface area contributed by atoms with Crippen molar-refractivity contribution in [3.8, 4) is 0 Å². The highest BCUT2D eigenvalue weighted by Gasteiger charge is 2.32. The summed E-state index contributed by atoms with van der Waals surface area (Å²) >= 11 is 0. The minimum atomic E-state index is -4.43. The molecular formula is C23H18F3N3O. The van der Waals surface area contributed by atoms with E-state index in [1.54, 1.807) is 36.8 Å². The fraction of sp³-hybridized carbons (Fsp3) is 0.174. The molecule has 0 bridgehead atoms. The van der Waals surface area contributed by atoms with Gasteiger partial charge in [-0.2, -0.15) is 13.2 Å². The number of carbonyl (C=O) groups is 1. The van der Waals surface area contributed by atoms with E-state index in [1.807, 2.05) is 22.7 Å². The molecule has 0 fully saturated rings. The van der Waals surface area contributed by atoms with Crippen LogP contribution in [0.25, 0.3) is 5.65 Å². The largest absolute Gasteiger partial charge is 0.416 e. The standard InChI is InChI=1S/C23H18F3N3O/c1-15-2-3-17(11-20(15)23(24,25)26)12-21(30)18-6-4-16(5-7-18)10-19-13-28-22-14-27-8-9-29(19)22/h2-9,11,13-14H,10,12H2,1H3. The van der Waals surface area contributed by atoms with Gasteiger partial charge in [-0.15, -0.1) is 0 Å². The fourth-order valence-corrected chi connectivity index (χ4v) is 3.42. The first-order valence-electron chi connectivity index (χ1n) is 9.36. The molecule has 0 aliphatic carbocycles. The number of Topliss-reactive ketones (excluding diaryl/α,β-unsaturated/α-hetero) is 1. The van der Waals surface area contributed by atoms with Crippen molar-refractivity contribution in [2.24, 2.45) is 0 Å². The molecule has 0 radical (unpaired) electrons. The number of alkyl halides is 3. The molecule has 0 spiro atoms. The lowest BCUT2D eigenvalue weighted by atomic mass is 9.98. The summed E-state index contributed by atoms with van der Waals surface area (Å²) in [5.41, 5.74) is 3.01. The van der Waals surface area contributed by atoms with Gasteiger partial charge in [0.25, 0.3) is 0 Å². The highest BCUT2D eigenvalue weighted by molar-refractivity contribution is 5.97. The van der Waals surface area contributed by atoms with Gasteiger partial charge < -0.3 is 4.40 Å². The predicted molar refractivity (Wildman–Crippen MR) is 106 cm³/mol. The molecule has 152 valence electrons. The average Bonchev–Trinajstić information content (AvgIpc) is 3.12. The quantitative estimate of drug-likeness (QED) is 0.432. The molecule has 30 heavy (non-hydrogen) atoms. The minimum Gasteiger partial charge on any atom is -0.301 e. The maximum atomic E-state index is 13.1. The van der Waals surface area contributed by atoms with Crippen molar-refractivity contribution in [3.63, 3.8) is 0 Å². The smallest absolute Gasteiger partial charge is 0.301 e. The van der Waals surface area contributed by atoms with Crippen LogP contribution in [0.5, 0.6) is 0 Å². The van der Waals surface area contributed by atoms with E-state index in [0.29, 0.717) is 17.5 Å². The predicted octanol–water partition coefficient (Wildman–Crippen LogP) is 5.07. The summed E-state index contributed by atoms with van der Waals surface area (Å²) in [6, 6.07) is 11.1. The van der Waals surface area contributed by atoms with E-state index in [9.17, 15) is 18.0 Å². The summed E-state index contributed by atoms with van der Waals surface area (Å²) in [7, 11) is 0. The van der Waals surface area contributed by atoms with E-state index in [-0.39, 0.29) is 17.8 Å². The van der Waals surface area contributed by atoms with Gasteiger partial charge in [-0.1, -0.05) is 36.4 Å². The Hall–Kier alpha value is -3.48. The molecule has 0 aliphatic heterocycles. The number of benzene rings is 2. The molecule has 2 aromatic carbocycles. The Morgan fingerprint density at radius 1 is 1.03 bits per heavy atom. The fourth-order valence-electron chi connectivity index (χ4n) is 3.42. The van der Waals surface area contributed by atoms with Crippen LogP contribution in [0.4, 0.5) is 13.2 Å². The number of rotatable bonds is 5. The van der Waals surface area contributed by atoms with E-state index in [2.05, 4.69) is 9.97 Å². The van der Waals surface area contributed by atoms with Crippen LogP contribution in [0.2, 0.25) is 0 Å². The Balaban J connectivity index is 1.48. The molecule has 0 atom stereocenters. The van der Waals surface area contributed by atoms with Crippen LogP contribution in [0.3, 0.4) is 0 Å². The minimum absolute atomic E-state index is 0.0804. The summed E-state index contributed by atoms with van der Waals surface area (Å²) in [6.07, 6.45) is 3.11.